The fraction of sp³-hybridized carbons (Fsp3) is 0.467. The van der Waals surface area contributed by atoms with Crippen molar-refractivity contribution in [1.82, 2.24) is 10.6 Å². The molecule has 104 valence electrons. The van der Waals surface area contributed by atoms with E-state index in [4.69, 9.17) is 0 Å². The smallest absolute Gasteiger partial charge is 0.242 e. The van der Waals surface area contributed by atoms with Gasteiger partial charge in [0.25, 0.3) is 0 Å². The highest BCUT2D eigenvalue weighted by Crippen LogP contribution is 2.04. The molecule has 1 aromatic rings. The van der Waals surface area contributed by atoms with E-state index in [2.05, 4.69) is 10.6 Å². The summed E-state index contributed by atoms with van der Waals surface area (Å²) in [6, 6.07) is 9.20. The number of rotatable bonds is 7. The number of benzene rings is 1. The van der Waals surface area contributed by atoms with Gasteiger partial charge in [-0.1, -0.05) is 37.3 Å². The lowest BCUT2D eigenvalue weighted by Crippen LogP contribution is -2.47. The number of likely N-dealkylation sites (N-methyl/N-ethyl adjacent to an activating group) is 1. The first-order valence-electron chi connectivity index (χ1n) is 6.78. The first-order chi connectivity index (χ1) is 9.17. The van der Waals surface area contributed by atoms with Crippen LogP contribution in [0.25, 0.3) is 0 Å². The first kappa shape index (κ1) is 15.2. The number of amides is 2. The number of carbonyl (C=O) groups is 2. The van der Waals surface area contributed by atoms with Gasteiger partial charge in [-0.05, 0) is 18.9 Å². The molecule has 1 aromatic carbocycles. The molecule has 0 saturated carbocycles. The summed E-state index contributed by atoms with van der Waals surface area (Å²) in [7, 11) is 0. The fourth-order valence-corrected chi connectivity index (χ4v) is 1.85. The molecule has 0 aliphatic rings. The highest BCUT2D eigenvalue weighted by atomic mass is 16.2. The standard InChI is InChI=1S/C15H22N2O2/c1-3-8-14(18)17-13(15(19)16-4-2)11-12-9-6-5-7-10-12/h5-7,9-10,13H,3-4,8,11H2,1-2H3,(H,16,19)(H,17,18). The van der Waals surface area contributed by atoms with Gasteiger partial charge < -0.3 is 10.6 Å². The van der Waals surface area contributed by atoms with Gasteiger partial charge in [-0.15, -0.1) is 0 Å². The van der Waals surface area contributed by atoms with Crippen LogP contribution in [-0.4, -0.2) is 24.4 Å². The van der Waals surface area contributed by atoms with E-state index in [0.717, 1.165) is 12.0 Å². The molecule has 1 rings (SSSR count). The Morgan fingerprint density at radius 1 is 1.16 bits per heavy atom. The molecule has 0 bridgehead atoms. The molecule has 0 aliphatic carbocycles. The summed E-state index contributed by atoms with van der Waals surface area (Å²) in [6.45, 7) is 4.37. The maximum Gasteiger partial charge on any atom is 0.242 e. The Hall–Kier alpha value is -1.84. The Morgan fingerprint density at radius 2 is 1.84 bits per heavy atom. The quantitative estimate of drug-likeness (QED) is 0.785. The van der Waals surface area contributed by atoms with Crippen LogP contribution in [-0.2, 0) is 16.0 Å². The molecule has 4 nitrogen and oxygen atoms in total. The summed E-state index contributed by atoms with van der Waals surface area (Å²) in [5, 5.41) is 5.56. The molecule has 1 atom stereocenters. The van der Waals surface area contributed by atoms with E-state index in [1.807, 2.05) is 44.2 Å². The molecule has 4 heteroatoms. The summed E-state index contributed by atoms with van der Waals surface area (Å²) < 4.78 is 0. The molecular formula is C15H22N2O2. The normalized spacial score (nSPS) is 11.7. The molecule has 2 amide bonds. The molecule has 0 fully saturated rings. The molecule has 1 unspecified atom stereocenters. The molecule has 0 radical (unpaired) electrons. The van der Waals surface area contributed by atoms with Crippen LogP contribution in [0.3, 0.4) is 0 Å². The van der Waals surface area contributed by atoms with E-state index in [0.29, 0.717) is 19.4 Å². The Bertz CT molecular complexity index is 404. The second-order valence-corrected chi connectivity index (χ2v) is 4.45. The van der Waals surface area contributed by atoms with Crippen LogP contribution < -0.4 is 10.6 Å². The molecule has 0 saturated heterocycles. The van der Waals surface area contributed by atoms with Gasteiger partial charge in [0, 0.05) is 19.4 Å². The van der Waals surface area contributed by atoms with Crippen LogP contribution in [0.15, 0.2) is 30.3 Å². The SMILES string of the molecule is CCCC(=O)NC(Cc1ccccc1)C(=O)NCC. The highest BCUT2D eigenvalue weighted by molar-refractivity contribution is 5.87. The van der Waals surface area contributed by atoms with E-state index < -0.39 is 6.04 Å². The minimum absolute atomic E-state index is 0.0744. The Labute approximate surface area is 114 Å². The van der Waals surface area contributed by atoms with Gasteiger partial charge in [-0.25, -0.2) is 0 Å². The molecule has 0 spiro atoms. The summed E-state index contributed by atoms with van der Waals surface area (Å²) in [4.78, 5) is 23.6. The van der Waals surface area contributed by atoms with Gasteiger partial charge >= 0.3 is 0 Å². The maximum absolute atomic E-state index is 12.0. The van der Waals surface area contributed by atoms with Crippen LogP contribution >= 0.6 is 0 Å². The first-order valence-corrected chi connectivity index (χ1v) is 6.78. The predicted molar refractivity (Wildman–Crippen MR) is 75.7 cm³/mol. The highest BCUT2D eigenvalue weighted by Gasteiger charge is 2.20. The van der Waals surface area contributed by atoms with Crippen molar-refractivity contribution >= 4 is 11.8 Å². The van der Waals surface area contributed by atoms with Gasteiger partial charge in [0.1, 0.15) is 6.04 Å². The van der Waals surface area contributed by atoms with Crippen LogP contribution in [0.4, 0.5) is 0 Å². The molecule has 19 heavy (non-hydrogen) atoms. The Kier molecular flexibility index (Phi) is 6.64. The third-order valence-corrected chi connectivity index (χ3v) is 2.76. The number of carbonyl (C=O) groups excluding carboxylic acids is 2. The van der Waals surface area contributed by atoms with Crippen molar-refractivity contribution in [3.63, 3.8) is 0 Å². The minimum Gasteiger partial charge on any atom is -0.355 e. The number of nitrogens with one attached hydrogen (secondary N) is 2. The predicted octanol–water partition coefficient (Wildman–Crippen LogP) is 1.65. The lowest BCUT2D eigenvalue weighted by Gasteiger charge is -2.18. The average molecular weight is 262 g/mol. The Morgan fingerprint density at radius 3 is 2.42 bits per heavy atom. The summed E-state index contributed by atoms with van der Waals surface area (Å²) in [6.07, 6.45) is 1.74. The van der Waals surface area contributed by atoms with Gasteiger partial charge in [0.05, 0.1) is 0 Å². The lowest BCUT2D eigenvalue weighted by molar-refractivity contribution is -0.128. The fourth-order valence-electron chi connectivity index (χ4n) is 1.85. The van der Waals surface area contributed by atoms with Gasteiger partial charge in [0.2, 0.25) is 11.8 Å². The van der Waals surface area contributed by atoms with Crippen LogP contribution in [0.1, 0.15) is 32.3 Å². The topological polar surface area (TPSA) is 58.2 Å². The van der Waals surface area contributed by atoms with E-state index in [1.54, 1.807) is 0 Å². The van der Waals surface area contributed by atoms with Crippen LogP contribution in [0.5, 0.6) is 0 Å². The second-order valence-electron chi connectivity index (χ2n) is 4.45. The van der Waals surface area contributed by atoms with Gasteiger partial charge in [0.15, 0.2) is 0 Å². The zero-order valence-corrected chi connectivity index (χ0v) is 11.6. The molecule has 0 aromatic heterocycles. The lowest BCUT2D eigenvalue weighted by atomic mass is 10.0. The second kappa shape index (κ2) is 8.29. The number of hydrogen-bond donors (Lipinski definition) is 2. The van der Waals surface area contributed by atoms with Crippen molar-refractivity contribution in [2.75, 3.05) is 6.54 Å². The third-order valence-electron chi connectivity index (χ3n) is 2.76. The van der Waals surface area contributed by atoms with E-state index in [-0.39, 0.29) is 11.8 Å². The van der Waals surface area contributed by atoms with Gasteiger partial charge in [-0.2, -0.15) is 0 Å². The summed E-state index contributed by atoms with van der Waals surface area (Å²) >= 11 is 0. The zero-order valence-electron chi connectivity index (χ0n) is 11.6. The van der Waals surface area contributed by atoms with Crippen molar-refractivity contribution in [1.29, 1.82) is 0 Å². The van der Waals surface area contributed by atoms with E-state index in [1.165, 1.54) is 0 Å². The van der Waals surface area contributed by atoms with Crippen molar-refractivity contribution in [2.45, 2.75) is 39.2 Å². The third kappa shape index (κ3) is 5.55. The molecule has 0 heterocycles. The van der Waals surface area contributed by atoms with Crippen molar-refractivity contribution in [3.05, 3.63) is 35.9 Å². The average Bonchev–Trinajstić information content (AvgIpc) is 2.40. The molecular weight excluding hydrogens is 240 g/mol. The summed E-state index contributed by atoms with van der Waals surface area (Å²) in [5.41, 5.74) is 1.04. The van der Waals surface area contributed by atoms with E-state index in [9.17, 15) is 9.59 Å². The van der Waals surface area contributed by atoms with Crippen LogP contribution in [0, 0.1) is 0 Å². The minimum atomic E-state index is -0.499. The maximum atomic E-state index is 12.0. The number of hydrogen-bond acceptors (Lipinski definition) is 2. The van der Waals surface area contributed by atoms with Crippen LogP contribution in [0.2, 0.25) is 0 Å². The zero-order chi connectivity index (χ0) is 14.1. The van der Waals surface area contributed by atoms with E-state index >= 15 is 0 Å². The van der Waals surface area contributed by atoms with Crippen molar-refractivity contribution in [3.8, 4) is 0 Å². The van der Waals surface area contributed by atoms with Crippen molar-refractivity contribution in [2.24, 2.45) is 0 Å². The Balaban J connectivity index is 2.69. The largest absolute Gasteiger partial charge is 0.355 e. The molecule has 0 aliphatic heterocycles. The molecule has 2 N–H and O–H groups in total. The van der Waals surface area contributed by atoms with Crippen molar-refractivity contribution < 1.29 is 9.59 Å². The summed E-state index contributed by atoms with van der Waals surface area (Å²) in [5.74, 6) is -0.203. The van der Waals surface area contributed by atoms with Gasteiger partial charge in [-0.3, -0.25) is 9.59 Å². The monoisotopic (exact) mass is 262 g/mol.